The van der Waals surface area contributed by atoms with E-state index in [1.165, 1.54) is 34.0 Å². The van der Waals surface area contributed by atoms with Crippen LogP contribution in [0.3, 0.4) is 0 Å². The molecule has 1 aliphatic heterocycles. The summed E-state index contributed by atoms with van der Waals surface area (Å²) in [7, 11) is 0. The highest BCUT2D eigenvalue weighted by atomic mass is 79.9. The third kappa shape index (κ3) is 1.98. The van der Waals surface area contributed by atoms with E-state index in [0.29, 0.717) is 0 Å². The van der Waals surface area contributed by atoms with Gasteiger partial charge in [-0.3, -0.25) is 0 Å². The van der Waals surface area contributed by atoms with Gasteiger partial charge < -0.3 is 5.32 Å². The van der Waals surface area contributed by atoms with Crippen molar-refractivity contribution in [1.29, 1.82) is 0 Å². The fourth-order valence-electron chi connectivity index (χ4n) is 2.51. The van der Waals surface area contributed by atoms with Crippen LogP contribution in [0.25, 0.3) is 0 Å². The molecule has 1 nitrogen and oxygen atoms in total. The average Bonchev–Trinajstić information content (AvgIpc) is 2.59. The first-order chi connectivity index (χ1) is 7.03. The molecule has 0 saturated carbocycles. The SMILES string of the molecule is Cc1cc(Br)cc(C2(C)CCCN2)c1C. The van der Waals surface area contributed by atoms with Crippen molar-refractivity contribution in [2.45, 2.75) is 39.2 Å². The van der Waals surface area contributed by atoms with Gasteiger partial charge in [0.15, 0.2) is 0 Å². The van der Waals surface area contributed by atoms with Crippen LogP contribution >= 0.6 is 15.9 Å². The Hall–Kier alpha value is -0.340. The summed E-state index contributed by atoms with van der Waals surface area (Å²) in [5, 5.41) is 3.62. The molecule has 1 atom stereocenters. The highest BCUT2D eigenvalue weighted by Crippen LogP contribution is 2.35. The first-order valence-electron chi connectivity index (χ1n) is 5.55. The second-order valence-electron chi connectivity index (χ2n) is 4.76. The summed E-state index contributed by atoms with van der Waals surface area (Å²) in [5.41, 5.74) is 4.43. The van der Waals surface area contributed by atoms with E-state index in [-0.39, 0.29) is 5.54 Å². The molecular weight excluding hydrogens is 250 g/mol. The summed E-state index contributed by atoms with van der Waals surface area (Å²) in [4.78, 5) is 0. The monoisotopic (exact) mass is 267 g/mol. The number of nitrogens with one attached hydrogen (secondary N) is 1. The van der Waals surface area contributed by atoms with E-state index in [1.54, 1.807) is 0 Å². The van der Waals surface area contributed by atoms with Gasteiger partial charge in [0.1, 0.15) is 0 Å². The largest absolute Gasteiger partial charge is 0.308 e. The number of hydrogen-bond acceptors (Lipinski definition) is 1. The first-order valence-corrected chi connectivity index (χ1v) is 6.34. The van der Waals surface area contributed by atoms with Crippen molar-refractivity contribution >= 4 is 15.9 Å². The van der Waals surface area contributed by atoms with Gasteiger partial charge in [-0.1, -0.05) is 15.9 Å². The number of hydrogen-bond donors (Lipinski definition) is 1. The zero-order valence-corrected chi connectivity index (χ0v) is 11.2. The minimum Gasteiger partial charge on any atom is -0.308 e. The van der Waals surface area contributed by atoms with Gasteiger partial charge >= 0.3 is 0 Å². The van der Waals surface area contributed by atoms with Crippen LogP contribution in [0.1, 0.15) is 36.5 Å². The van der Waals surface area contributed by atoms with Crippen LogP contribution in [0.2, 0.25) is 0 Å². The van der Waals surface area contributed by atoms with Crippen LogP contribution in [-0.2, 0) is 5.54 Å². The number of benzene rings is 1. The van der Waals surface area contributed by atoms with E-state index in [4.69, 9.17) is 0 Å². The third-order valence-corrected chi connectivity index (χ3v) is 4.05. The Balaban J connectivity index is 2.51. The van der Waals surface area contributed by atoms with Gasteiger partial charge in [0.25, 0.3) is 0 Å². The van der Waals surface area contributed by atoms with E-state index < -0.39 is 0 Å². The van der Waals surface area contributed by atoms with Crippen LogP contribution in [0, 0.1) is 13.8 Å². The summed E-state index contributed by atoms with van der Waals surface area (Å²) >= 11 is 3.59. The van der Waals surface area contributed by atoms with Gasteiger partial charge in [-0.15, -0.1) is 0 Å². The second-order valence-corrected chi connectivity index (χ2v) is 5.67. The molecule has 0 radical (unpaired) electrons. The normalized spacial score (nSPS) is 25.9. The van der Waals surface area contributed by atoms with E-state index in [9.17, 15) is 0 Å². The molecule has 1 aromatic carbocycles. The molecule has 1 saturated heterocycles. The van der Waals surface area contributed by atoms with Gasteiger partial charge in [-0.05, 0) is 69.0 Å². The standard InChI is InChI=1S/C13H18BrN/c1-9-7-11(14)8-12(10(9)2)13(3)5-4-6-15-13/h7-8,15H,4-6H2,1-3H3. The highest BCUT2D eigenvalue weighted by molar-refractivity contribution is 9.10. The van der Waals surface area contributed by atoms with Gasteiger partial charge in [0.05, 0.1) is 0 Å². The molecule has 2 rings (SSSR count). The molecule has 1 aliphatic rings. The van der Waals surface area contributed by atoms with Crippen molar-refractivity contribution in [3.63, 3.8) is 0 Å². The Kier molecular flexibility index (Phi) is 2.91. The molecule has 0 amide bonds. The molecule has 1 fully saturated rings. The van der Waals surface area contributed by atoms with Crippen molar-refractivity contribution in [2.75, 3.05) is 6.54 Å². The lowest BCUT2D eigenvalue weighted by molar-refractivity contribution is 0.432. The highest BCUT2D eigenvalue weighted by Gasteiger charge is 2.31. The molecule has 0 bridgehead atoms. The maximum atomic E-state index is 3.62. The number of rotatable bonds is 1. The van der Waals surface area contributed by atoms with Crippen molar-refractivity contribution in [3.05, 3.63) is 33.3 Å². The fraction of sp³-hybridized carbons (Fsp3) is 0.538. The van der Waals surface area contributed by atoms with Crippen molar-refractivity contribution in [2.24, 2.45) is 0 Å². The molecule has 1 heterocycles. The zero-order chi connectivity index (χ0) is 11.1. The molecule has 0 aromatic heterocycles. The smallest absolute Gasteiger partial charge is 0.0409 e. The lowest BCUT2D eigenvalue weighted by Crippen LogP contribution is -2.34. The molecule has 1 unspecified atom stereocenters. The predicted octanol–water partition coefficient (Wildman–Crippen LogP) is 3.66. The molecule has 1 aromatic rings. The van der Waals surface area contributed by atoms with Gasteiger partial charge in [-0.2, -0.15) is 0 Å². The Morgan fingerprint density at radius 3 is 2.67 bits per heavy atom. The lowest BCUT2D eigenvalue weighted by Gasteiger charge is -2.28. The Bertz CT molecular complexity index is 378. The maximum absolute atomic E-state index is 3.62. The van der Waals surface area contributed by atoms with Crippen molar-refractivity contribution in [1.82, 2.24) is 5.32 Å². The van der Waals surface area contributed by atoms with E-state index >= 15 is 0 Å². The summed E-state index contributed by atoms with van der Waals surface area (Å²) in [6.45, 7) is 7.86. The summed E-state index contributed by atoms with van der Waals surface area (Å²) in [5.74, 6) is 0. The molecule has 82 valence electrons. The predicted molar refractivity (Wildman–Crippen MR) is 68.2 cm³/mol. The van der Waals surface area contributed by atoms with Gasteiger partial charge in [0, 0.05) is 10.0 Å². The van der Waals surface area contributed by atoms with Crippen molar-refractivity contribution < 1.29 is 0 Å². The molecule has 0 aliphatic carbocycles. The van der Waals surface area contributed by atoms with E-state index in [2.05, 4.69) is 54.2 Å². The minimum atomic E-state index is 0.179. The quantitative estimate of drug-likeness (QED) is 0.819. The average molecular weight is 268 g/mol. The maximum Gasteiger partial charge on any atom is 0.0409 e. The van der Waals surface area contributed by atoms with Crippen LogP contribution in [0.15, 0.2) is 16.6 Å². The van der Waals surface area contributed by atoms with Gasteiger partial charge in [0.2, 0.25) is 0 Å². The molecule has 2 heteroatoms. The Morgan fingerprint density at radius 1 is 1.33 bits per heavy atom. The first kappa shape index (κ1) is 11.2. The van der Waals surface area contributed by atoms with Crippen LogP contribution in [-0.4, -0.2) is 6.54 Å². The zero-order valence-electron chi connectivity index (χ0n) is 9.65. The van der Waals surface area contributed by atoms with Crippen LogP contribution in [0.5, 0.6) is 0 Å². The molecule has 1 N–H and O–H groups in total. The summed E-state index contributed by atoms with van der Waals surface area (Å²) in [6, 6.07) is 4.46. The topological polar surface area (TPSA) is 12.0 Å². The van der Waals surface area contributed by atoms with Crippen LogP contribution in [0.4, 0.5) is 0 Å². The van der Waals surface area contributed by atoms with E-state index in [1.807, 2.05) is 0 Å². The molecular formula is C13H18BrN. The fourth-order valence-corrected chi connectivity index (χ4v) is 3.09. The lowest BCUT2D eigenvalue weighted by atomic mass is 9.86. The summed E-state index contributed by atoms with van der Waals surface area (Å²) < 4.78 is 1.19. The minimum absolute atomic E-state index is 0.179. The molecule has 0 spiro atoms. The second kappa shape index (κ2) is 3.91. The Morgan fingerprint density at radius 2 is 2.07 bits per heavy atom. The summed E-state index contributed by atoms with van der Waals surface area (Å²) in [6.07, 6.45) is 2.52. The number of halogens is 1. The Labute approximate surface area is 100 Å². The van der Waals surface area contributed by atoms with E-state index in [0.717, 1.165) is 6.54 Å². The molecule has 15 heavy (non-hydrogen) atoms. The van der Waals surface area contributed by atoms with Crippen molar-refractivity contribution in [3.8, 4) is 0 Å². The van der Waals surface area contributed by atoms with Crippen LogP contribution < -0.4 is 5.32 Å². The van der Waals surface area contributed by atoms with Gasteiger partial charge in [-0.25, -0.2) is 0 Å². The third-order valence-electron chi connectivity index (χ3n) is 3.60. The number of aryl methyl sites for hydroxylation is 1.